The lowest BCUT2D eigenvalue weighted by Gasteiger charge is -2.01. The summed E-state index contributed by atoms with van der Waals surface area (Å²) in [7, 11) is 0.848. The van der Waals surface area contributed by atoms with Gasteiger partial charge in [0.15, 0.2) is 8.60 Å². The molecule has 1 atom stereocenters. The standard InChI is InChI=1S/C18H23NO2P2/c1-3-9-17(10-4-1)13-7-15-20-22-19-23-21-16-8-14-18-11-5-2-6-12-18/h1-6,9-12,22H,7-8,13-16H2. The SMILES string of the molecule is c1ccc(CCCOP=NPOCCCc2ccccc2)cc1. The Bertz CT molecular complexity index is 549. The molecule has 0 aliphatic carbocycles. The monoisotopic (exact) mass is 347 g/mol. The number of rotatable bonds is 11. The molecule has 0 heterocycles. The van der Waals surface area contributed by atoms with Crippen molar-refractivity contribution in [3.8, 4) is 0 Å². The Morgan fingerprint density at radius 2 is 1.35 bits per heavy atom. The summed E-state index contributed by atoms with van der Waals surface area (Å²) in [5, 5.41) is 0. The summed E-state index contributed by atoms with van der Waals surface area (Å²) in [5.74, 6) is 0. The van der Waals surface area contributed by atoms with Gasteiger partial charge in [-0.25, -0.2) is 0 Å². The zero-order valence-corrected chi connectivity index (χ0v) is 15.1. The smallest absolute Gasteiger partial charge is 0.178 e. The average Bonchev–Trinajstić information content (AvgIpc) is 2.61. The van der Waals surface area contributed by atoms with Crippen molar-refractivity contribution in [2.45, 2.75) is 25.7 Å². The van der Waals surface area contributed by atoms with Crippen LogP contribution in [0, 0.1) is 0 Å². The molecule has 0 spiro atoms. The van der Waals surface area contributed by atoms with E-state index in [1.165, 1.54) is 11.1 Å². The molecule has 0 aliphatic rings. The molecule has 0 saturated heterocycles. The second-order valence-corrected chi connectivity index (χ2v) is 6.83. The Hall–Kier alpha value is -1.11. The van der Waals surface area contributed by atoms with Gasteiger partial charge >= 0.3 is 0 Å². The van der Waals surface area contributed by atoms with Crippen molar-refractivity contribution in [3.63, 3.8) is 0 Å². The van der Waals surface area contributed by atoms with Crippen LogP contribution in [0.2, 0.25) is 0 Å². The van der Waals surface area contributed by atoms with Crippen LogP contribution in [-0.2, 0) is 21.9 Å². The number of nitrogens with zero attached hydrogens (tertiary/aromatic N) is 1. The highest BCUT2D eigenvalue weighted by Gasteiger charge is 1.93. The summed E-state index contributed by atoms with van der Waals surface area (Å²) in [5.41, 5.74) is 2.71. The molecule has 2 rings (SSSR count). The van der Waals surface area contributed by atoms with E-state index in [0.29, 0.717) is 8.60 Å². The van der Waals surface area contributed by atoms with Crippen molar-refractivity contribution in [1.82, 2.24) is 0 Å². The van der Waals surface area contributed by atoms with Crippen molar-refractivity contribution in [3.05, 3.63) is 71.8 Å². The molecular formula is C18H23NO2P2. The molecule has 122 valence electrons. The van der Waals surface area contributed by atoms with E-state index in [0.717, 1.165) is 38.9 Å². The van der Waals surface area contributed by atoms with Crippen molar-refractivity contribution >= 4 is 17.6 Å². The van der Waals surface area contributed by atoms with Crippen LogP contribution in [0.1, 0.15) is 24.0 Å². The van der Waals surface area contributed by atoms with Crippen molar-refractivity contribution in [2.24, 2.45) is 4.52 Å². The highest BCUT2D eigenvalue weighted by Crippen LogP contribution is 2.21. The minimum atomic E-state index is 0.172. The summed E-state index contributed by atoms with van der Waals surface area (Å²) in [6.07, 6.45) is 4.16. The third-order valence-electron chi connectivity index (χ3n) is 3.30. The predicted octanol–water partition coefficient (Wildman–Crippen LogP) is 5.84. The summed E-state index contributed by atoms with van der Waals surface area (Å²) in [6.45, 7) is 1.48. The average molecular weight is 347 g/mol. The predicted molar refractivity (Wildman–Crippen MR) is 99.1 cm³/mol. The van der Waals surface area contributed by atoms with Crippen LogP contribution in [0.4, 0.5) is 0 Å². The minimum Gasteiger partial charge on any atom is -0.340 e. The van der Waals surface area contributed by atoms with Crippen LogP contribution in [-0.4, -0.2) is 13.2 Å². The van der Waals surface area contributed by atoms with E-state index < -0.39 is 0 Å². The number of aryl methyl sites for hydroxylation is 2. The van der Waals surface area contributed by atoms with E-state index in [-0.39, 0.29) is 8.96 Å². The maximum Gasteiger partial charge on any atom is 0.178 e. The highest BCUT2D eigenvalue weighted by atomic mass is 31.1. The Kier molecular flexibility index (Phi) is 9.77. The summed E-state index contributed by atoms with van der Waals surface area (Å²) >= 11 is 0. The maximum absolute atomic E-state index is 5.51. The van der Waals surface area contributed by atoms with Gasteiger partial charge in [0.25, 0.3) is 0 Å². The first-order valence-corrected chi connectivity index (χ1v) is 9.54. The molecule has 0 aliphatic heterocycles. The second kappa shape index (κ2) is 12.3. The van der Waals surface area contributed by atoms with E-state index in [2.05, 4.69) is 53.0 Å². The number of hydrogen-bond donors (Lipinski definition) is 0. The van der Waals surface area contributed by atoms with Gasteiger partial charge < -0.3 is 9.05 Å². The van der Waals surface area contributed by atoms with Crippen LogP contribution >= 0.6 is 17.6 Å². The Balaban J connectivity index is 1.40. The zero-order chi connectivity index (χ0) is 16.0. The molecule has 2 aromatic rings. The number of benzene rings is 2. The fraction of sp³-hybridized carbons (Fsp3) is 0.333. The molecule has 0 fully saturated rings. The van der Waals surface area contributed by atoms with Gasteiger partial charge in [-0.05, 0) is 36.8 Å². The Morgan fingerprint density at radius 1 is 0.783 bits per heavy atom. The van der Waals surface area contributed by atoms with E-state index >= 15 is 0 Å². The van der Waals surface area contributed by atoms with E-state index in [1.807, 2.05) is 12.1 Å². The van der Waals surface area contributed by atoms with Crippen LogP contribution in [0.15, 0.2) is 65.2 Å². The van der Waals surface area contributed by atoms with Gasteiger partial charge in [-0.15, -0.1) is 0 Å². The van der Waals surface area contributed by atoms with Crippen molar-refractivity contribution in [1.29, 1.82) is 0 Å². The van der Waals surface area contributed by atoms with Crippen molar-refractivity contribution < 1.29 is 9.05 Å². The normalized spacial score (nSPS) is 11.7. The largest absolute Gasteiger partial charge is 0.340 e. The van der Waals surface area contributed by atoms with Gasteiger partial charge in [-0.2, -0.15) is 4.52 Å². The molecule has 0 N–H and O–H groups in total. The van der Waals surface area contributed by atoms with Gasteiger partial charge in [-0.1, -0.05) is 60.7 Å². The van der Waals surface area contributed by atoms with Crippen LogP contribution in [0.5, 0.6) is 0 Å². The molecule has 23 heavy (non-hydrogen) atoms. The summed E-state index contributed by atoms with van der Waals surface area (Å²) < 4.78 is 15.2. The first kappa shape index (κ1) is 18.2. The molecule has 0 saturated carbocycles. The third-order valence-corrected chi connectivity index (χ3v) is 4.59. The lowest BCUT2D eigenvalue weighted by molar-refractivity contribution is 0.351. The van der Waals surface area contributed by atoms with E-state index in [9.17, 15) is 0 Å². The fourth-order valence-electron chi connectivity index (χ4n) is 2.14. The van der Waals surface area contributed by atoms with Gasteiger partial charge in [-0.3, -0.25) is 0 Å². The second-order valence-electron chi connectivity index (χ2n) is 5.13. The zero-order valence-electron chi connectivity index (χ0n) is 13.2. The van der Waals surface area contributed by atoms with Gasteiger partial charge in [0, 0.05) is 0 Å². The molecule has 2 aromatic carbocycles. The van der Waals surface area contributed by atoms with E-state index in [1.54, 1.807) is 0 Å². The number of hydrogen-bond acceptors (Lipinski definition) is 3. The van der Waals surface area contributed by atoms with Crippen molar-refractivity contribution in [2.75, 3.05) is 13.2 Å². The molecule has 0 radical (unpaired) electrons. The van der Waals surface area contributed by atoms with Crippen LogP contribution in [0.25, 0.3) is 0 Å². The lowest BCUT2D eigenvalue weighted by atomic mass is 10.1. The molecule has 3 nitrogen and oxygen atoms in total. The molecular weight excluding hydrogens is 324 g/mol. The molecule has 0 aromatic heterocycles. The summed E-state index contributed by atoms with van der Waals surface area (Å²) in [6, 6.07) is 20.9. The first-order valence-electron chi connectivity index (χ1n) is 7.92. The van der Waals surface area contributed by atoms with Crippen LogP contribution < -0.4 is 0 Å². The fourth-order valence-corrected chi connectivity index (χ4v) is 3.18. The van der Waals surface area contributed by atoms with Crippen LogP contribution in [0.3, 0.4) is 0 Å². The molecule has 0 bridgehead atoms. The van der Waals surface area contributed by atoms with Gasteiger partial charge in [0.05, 0.1) is 13.2 Å². The molecule has 1 unspecified atom stereocenters. The quantitative estimate of drug-likeness (QED) is 0.378. The Morgan fingerprint density at radius 3 is 1.96 bits per heavy atom. The topological polar surface area (TPSA) is 30.8 Å². The third kappa shape index (κ3) is 8.93. The van der Waals surface area contributed by atoms with E-state index in [4.69, 9.17) is 9.05 Å². The van der Waals surface area contributed by atoms with Gasteiger partial charge in [0.1, 0.15) is 8.96 Å². The minimum absolute atomic E-state index is 0.172. The maximum atomic E-state index is 5.51. The molecule has 0 amide bonds. The first-order chi connectivity index (χ1) is 11.4. The highest BCUT2D eigenvalue weighted by molar-refractivity contribution is 7.39. The van der Waals surface area contributed by atoms with Gasteiger partial charge in [0.2, 0.25) is 0 Å². The molecule has 5 heteroatoms. The summed E-state index contributed by atoms with van der Waals surface area (Å²) in [4.78, 5) is 0. The lowest BCUT2D eigenvalue weighted by Crippen LogP contribution is -1.90. The Labute approximate surface area is 142 Å².